The molecule has 0 spiro atoms. The number of carboxylic acids is 1. The van der Waals surface area contributed by atoms with Crippen molar-refractivity contribution >= 4 is 38.4 Å². The first kappa shape index (κ1) is 21.7. The number of nitrogens with zero attached hydrogens (tertiary/aromatic N) is 4. The second kappa shape index (κ2) is 7.88. The number of anilines is 1. The van der Waals surface area contributed by atoms with Crippen LogP contribution >= 0.6 is 0 Å². The molecule has 0 radical (unpaired) electrons. The van der Waals surface area contributed by atoms with Crippen LogP contribution < -0.4 is 4.90 Å². The average molecular weight is 460 g/mol. The van der Waals surface area contributed by atoms with Crippen molar-refractivity contribution in [2.45, 2.75) is 23.3 Å². The Bertz CT molecular complexity index is 1300. The molecule has 1 atom stereocenters. The fraction of sp³-hybridized carbons (Fsp3) is 0.300. The second-order valence-corrected chi connectivity index (χ2v) is 9.28. The number of hydrogen-bond acceptors (Lipinski definition) is 8. The highest BCUT2D eigenvalue weighted by Gasteiger charge is 2.47. The van der Waals surface area contributed by atoms with E-state index in [1.807, 2.05) is 0 Å². The molecule has 12 heteroatoms. The molecule has 1 aromatic carbocycles. The van der Waals surface area contributed by atoms with Crippen molar-refractivity contribution in [3.63, 3.8) is 0 Å². The molecule has 0 bridgehead atoms. The predicted molar refractivity (Wildman–Crippen MR) is 114 cm³/mol. The van der Waals surface area contributed by atoms with Crippen LogP contribution in [-0.4, -0.2) is 59.2 Å². The largest absolute Gasteiger partial charge is 0.479 e. The number of aliphatic carboxylic acids is 1. The minimum atomic E-state index is -4.03. The Kier molecular flexibility index (Phi) is 5.34. The van der Waals surface area contributed by atoms with Crippen LogP contribution in [0.25, 0.3) is 11.0 Å². The van der Waals surface area contributed by atoms with Crippen LogP contribution in [0.15, 0.2) is 53.7 Å². The summed E-state index contributed by atoms with van der Waals surface area (Å²) in [6.07, 6.45) is 2.88. The number of carbonyl (C=O) groups is 1. The van der Waals surface area contributed by atoms with Gasteiger partial charge in [0.05, 0.1) is 21.8 Å². The Morgan fingerprint density at radius 3 is 2.62 bits per heavy atom. The van der Waals surface area contributed by atoms with Crippen molar-refractivity contribution in [1.82, 2.24) is 8.96 Å². The second-order valence-electron chi connectivity index (χ2n) is 7.47. The lowest BCUT2D eigenvalue weighted by molar-refractivity contribution is -0.384. The lowest BCUT2D eigenvalue weighted by Crippen LogP contribution is -2.58. The molecule has 3 heterocycles. The number of fused-ring (bicyclic) bond motifs is 1. The molecule has 1 aliphatic rings. The number of pyridine rings is 1. The van der Waals surface area contributed by atoms with Crippen molar-refractivity contribution in [1.29, 1.82) is 0 Å². The predicted octanol–water partition coefficient (Wildman–Crippen LogP) is 2.25. The Morgan fingerprint density at radius 1 is 1.31 bits per heavy atom. The molecular weight excluding hydrogens is 440 g/mol. The van der Waals surface area contributed by atoms with Gasteiger partial charge in [-0.2, -0.15) is 0 Å². The summed E-state index contributed by atoms with van der Waals surface area (Å²) in [4.78, 5) is 28.7. The summed E-state index contributed by atoms with van der Waals surface area (Å²) < 4.78 is 32.6. The van der Waals surface area contributed by atoms with Crippen LogP contribution in [-0.2, 0) is 19.6 Å². The van der Waals surface area contributed by atoms with Crippen molar-refractivity contribution in [2.24, 2.45) is 0 Å². The highest BCUT2D eigenvalue weighted by atomic mass is 32.2. The molecule has 1 unspecified atom stereocenters. The Morgan fingerprint density at radius 2 is 2.03 bits per heavy atom. The van der Waals surface area contributed by atoms with Crippen LogP contribution in [0.5, 0.6) is 0 Å². The van der Waals surface area contributed by atoms with Crippen molar-refractivity contribution < 1.29 is 28.0 Å². The van der Waals surface area contributed by atoms with E-state index >= 15 is 0 Å². The normalized spacial score (nSPS) is 19.0. The molecule has 2 aromatic heterocycles. The number of aromatic nitrogens is 2. The molecule has 3 aromatic rings. The maximum absolute atomic E-state index is 13.1. The summed E-state index contributed by atoms with van der Waals surface area (Å²) in [5.41, 5.74) is -2.05. The van der Waals surface area contributed by atoms with E-state index in [-0.39, 0.29) is 34.6 Å². The molecule has 1 fully saturated rings. The van der Waals surface area contributed by atoms with Crippen LogP contribution in [0.3, 0.4) is 0 Å². The van der Waals surface area contributed by atoms with Gasteiger partial charge in [0, 0.05) is 19.9 Å². The zero-order valence-corrected chi connectivity index (χ0v) is 17.9. The Hall–Kier alpha value is -3.51. The van der Waals surface area contributed by atoms with Gasteiger partial charge in [-0.05, 0) is 31.0 Å². The van der Waals surface area contributed by atoms with Crippen LogP contribution in [0.2, 0.25) is 0 Å². The molecule has 4 rings (SSSR count). The van der Waals surface area contributed by atoms with Gasteiger partial charge in [0.25, 0.3) is 10.0 Å². The molecule has 0 amide bonds. The molecule has 1 aliphatic heterocycles. The molecule has 0 saturated carbocycles. The number of benzene rings is 1. The first-order chi connectivity index (χ1) is 15.2. The van der Waals surface area contributed by atoms with Gasteiger partial charge in [0.15, 0.2) is 11.2 Å². The molecule has 32 heavy (non-hydrogen) atoms. The number of rotatable bonds is 6. The van der Waals surface area contributed by atoms with E-state index < -0.39 is 32.1 Å². The zero-order chi connectivity index (χ0) is 23.1. The number of hydrogen-bond donors (Lipinski definition) is 1. The summed E-state index contributed by atoms with van der Waals surface area (Å²) in [6.45, 7) is 0.227. The highest BCUT2D eigenvalue weighted by molar-refractivity contribution is 7.90. The molecular formula is C20H20N4O7S. The lowest BCUT2D eigenvalue weighted by Gasteiger charge is -2.41. The van der Waals surface area contributed by atoms with E-state index in [0.717, 1.165) is 10.2 Å². The SMILES string of the molecule is CN(c1c([N+](=O)[O-])cnc2c1ccn2S(=O)(=O)c1ccccc1)C1(C(=O)O)CCCOC1. The minimum absolute atomic E-state index is 0.0234. The third-order valence-corrected chi connectivity index (χ3v) is 7.41. The lowest BCUT2D eigenvalue weighted by atomic mass is 9.90. The summed E-state index contributed by atoms with van der Waals surface area (Å²) in [5, 5.41) is 21.9. The van der Waals surface area contributed by atoms with Gasteiger partial charge < -0.3 is 14.7 Å². The van der Waals surface area contributed by atoms with Gasteiger partial charge >= 0.3 is 11.7 Å². The number of ether oxygens (including phenoxy) is 1. The van der Waals surface area contributed by atoms with E-state index in [0.29, 0.717) is 13.0 Å². The fourth-order valence-corrected chi connectivity index (χ4v) is 5.32. The number of carboxylic acid groups (broad SMARTS) is 1. The summed E-state index contributed by atoms with van der Waals surface area (Å²) in [5.74, 6) is -1.18. The first-order valence-corrected chi connectivity index (χ1v) is 11.1. The van der Waals surface area contributed by atoms with E-state index in [2.05, 4.69) is 4.98 Å². The summed E-state index contributed by atoms with van der Waals surface area (Å²) in [6, 6.07) is 9.09. The Labute approximate surface area is 183 Å². The standard InChI is InChI=1S/C20H20N4O7S/c1-22(20(19(25)26)9-5-11-31-13-20)17-15-8-10-23(18(15)21-12-16(17)24(27)28)32(29,30)14-6-3-2-4-7-14/h2-4,6-8,10,12H,5,9,11,13H2,1H3,(H,25,26). The highest BCUT2D eigenvalue weighted by Crippen LogP contribution is 2.41. The van der Waals surface area contributed by atoms with E-state index in [4.69, 9.17) is 4.74 Å². The van der Waals surface area contributed by atoms with Crippen molar-refractivity contribution in [3.05, 3.63) is 58.9 Å². The van der Waals surface area contributed by atoms with Gasteiger partial charge in [0.1, 0.15) is 11.9 Å². The van der Waals surface area contributed by atoms with Crippen molar-refractivity contribution in [3.8, 4) is 0 Å². The quantitative estimate of drug-likeness (QED) is 0.432. The van der Waals surface area contributed by atoms with Gasteiger partial charge in [-0.3, -0.25) is 10.1 Å². The average Bonchev–Trinajstić information content (AvgIpc) is 3.24. The molecule has 1 saturated heterocycles. The number of likely N-dealkylation sites (N-methyl/N-ethyl adjacent to an activating group) is 1. The van der Waals surface area contributed by atoms with Gasteiger partial charge in [-0.25, -0.2) is 22.2 Å². The van der Waals surface area contributed by atoms with Gasteiger partial charge in [0.2, 0.25) is 0 Å². The summed E-state index contributed by atoms with van der Waals surface area (Å²) >= 11 is 0. The number of nitro groups is 1. The Balaban J connectivity index is 1.96. The van der Waals surface area contributed by atoms with E-state index in [1.54, 1.807) is 18.2 Å². The van der Waals surface area contributed by atoms with Crippen LogP contribution in [0, 0.1) is 10.1 Å². The monoisotopic (exact) mass is 460 g/mol. The third kappa shape index (κ3) is 3.28. The van der Waals surface area contributed by atoms with Crippen molar-refractivity contribution in [2.75, 3.05) is 25.2 Å². The molecule has 0 aliphatic carbocycles. The fourth-order valence-electron chi connectivity index (χ4n) is 4.00. The maximum Gasteiger partial charge on any atom is 0.331 e. The van der Waals surface area contributed by atoms with Crippen LogP contribution in [0.4, 0.5) is 11.4 Å². The van der Waals surface area contributed by atoms with Crippen LogP contribution in [0.1, 0.15) is 12.8 Å². The van der Waals surface area contributed by atoms with E-state index in [1.165, 1.54) is 36.3 Å². The molecule has 1 N–H and O–H groups in total. The topological polar surface area (TPSA) is 145 Å². The van der Waals surface area contributed by atoms with Gasteiger partial charge in [-0.1, -0.05) is 18.2 Å². The van der Waals surface area contributed by atoms with E-state index in [9.17, 15) is 28.4 Å². The maximum atomic E-state index is 13.1. The first-order valence-electron chi connectivity index (χ1n) is 9.70. The van der Waals surface area contributed by atoms with Gasteiger partial charge in [-0.15, -0.1) is 0 Å². The minimum Gasteiger partial charge on any atom is -0.479 e. The zero-order valence-electron chi connectivity index (χ0n) is 17.0. The molecule has 168 valence electrons. The summed E-state index contributed by atoms with van der Waals surface area (Å²) in [7, 11) is -2.59. The smallest absolute Gasteiger partial charge is 0.331 e. The molecule has 11 nitrogen and oxygen atoms in total. The third-order valence-electron chi connectivity index (χ3n) is 5.73.